The third-order valence-electron chi connectivity index (χ3n) is 5.39. The smallest absolute Gasteiger partial charge is 0.261 e. The quantitative estimate of drug-likeness (QED) is 0.201. The molecule has 0 fully saturated rings. The van der Waals surface area contributed by atoms with E-state index in [0.717, 1.165) is 46.1 Å². The van der Waals surface area contributed by atoms with Crippen molar-refractivity contribution in [2.45, 2.75) is 44.1 Å². The zero-order valence-corrected chi connectivity index (χ0v) is 21.1. The summed E-state index contributed by atoms with van der Waals surface area (Å²) in [6.45, 7) is 2.21. The Hall–Kier alpha value is -2.37. The Morgan fingerprint density at radius 3 is 2.18 bits per heavy atom. The molecule has 3 aromatic carbocycles. The minimum Gasteiger partial charge on any atom is -0.496 e. The number of nitrogens with one attached hydrogen (secondary N) is 1. The number of thioether (sulfide) groups is 1. The number of ether oxygens (including phenoxy) is 1. The van der Waals surface area contributed by atoms with Gasteiger partial charge in [-0.1, -0.05) is 92.7 Å². The molecule has 0 aliphatic heterocycles. The largest absolute Gasteiger partial charge is 0.496 e. The van der Waals surface area contributed by atoms with Crippen molar-refractivity contribution in [2.24, 2.45) is 0 Å². The fourth-order valence-corrected chi connectivity index (χ4v) is 5.14. The number of hydrogen-bond acceptors (Lipinski definition) is 4. The Morgan fingerprint density at radius 2 is 1.52 bits per heavy atom. The highest BCUT2D eigenvalue weighted by Gasteiger charge is 2.07. The lowest BCUT2D eigenvalue weighted by Crippen LogP contribution is -2.16. The maximum atomic E-state index is 12.3. The summed E-state index contributed by atoms with van der Waals surface area (Å²) >= 11 is 3.39. The molecule has 0 unspecified atom stereocenters. The van der Waals surface area contributed by atoms with Crippen LogP contribution in [0, 0.1) is 0 Å². The van der Waals surface area contributed by atoms with Gasteiger partial charge < -0.3 is 4.74 Å². The van der Waals surface area contributed by atoms with Crippen LogP contribution in [0.3, 0.4) is 0 Å². The van der Waals surface area contributed by atoms with Crippen LogP contribution in [-0.2, 0) is 11.5 Å². The number of rotatable bonds is 13. The Labute approximate surface area is 206 Å². The van der Waals surface area contributed by atoms with E-state index in [9.17, 15) is 4.79 Å². The van der Waals surface area contributed by atoms with Crippen molar-refractivity contribution in [3.8, 4) is 16.9 Å². The molecule has 174 valence electrons. The molecule has 0 aliphatic rings. The van der Waals surface area contributed by atoms with E-state index in [0.29, 0.717) is 0 Å². The number of carbonyl (C=O) groups excluding carboxylic acids is 1. The first-order chi connectivity index (χ1) is 16.2. The van der Waals surface area contributed by atoms with Crippen molar-refractivity contribution in [1.82, 2.24) is 4.72 Å². The highest BCUT2D eigenvalue weighted by molar-refractivity contribution is 7.98. The predicted molar refractivity (Wildman–Crippen MR) is 144 cm³/mol. The van der Waals surface area contributed by atoms with Crippen molar-refractivity contribution in [3.05, 3.63) is 89.5 Å². The van der Waals surface area contributed by atoms with Gasteiger partial charge in [0, 0.05) is 28.4 Å². The maximum Gasteiger partial charge on any atom is 0.261 e. The minimum absolute atomic E-state index is 0.00942. The molecule has 3 nitrogen and oxygen atoms in total. The zero-order chi connectivity index (χ0) is 23.3. The summed E-state index contributed by atoms with van der Waals surface area (Å²) in [7, 11) is 1.71. The Balaban J connectivity index is 1.42. The van der Waals surface area contributed by atoms with E-state index in [-0.39, 0.29) is 5.91 Å². The molecule has 0 bridgehead atoms. The zero-order valence-electron chi connectivity index (χ0n) is 19.5. The molecule has 0 saturated carbocycles. The van der Waals surface area contributed by atoms with Crippen LogP contribution in [0.15, 0.2) is 72.8 Å². The molecule has 33 heavy (non-hydrogen) atoms. The maximum absolute atomic E-state index is 12.3. The fraction of sp³-hybridized carbons (Fsp3) is 0.321. The second-order valence-electron chi connectivity index (χ2n) is 7.93. The van der Waals surface area contributed by atoms with Crippen LogP contribution in [0.5, 0.6) is 5.75 Å². The number of hydrogen-bond donors (Lipinski definition) is 1. The first-order valence-corrected chi connectivity index (χ1v) is 13.7. The standard InChI is InChI=1S/C28H33NO2S2/c1-3-4-5-8-19-33-29-28(30)25-17-13-23(14-18-25)21-32-20-22-11-15-24(16-12-22)26-9-6-7-10-27(26)31-2/h6-7,9-18H,3-5,8,19-21H2,1-2H3,(H,29,30). The van der Waals surface area contributed by atoms with Gasteiger partial charge >= 0.3 is 0 Å². The molecule has 5 heteroatoms. The highest BCUT2D eigenvalue weighted by atomic mass is 32.2. The minimum atomic E-state index is -0.00942. The van der Waals surface area contributed by atoms with Crippen LogP contribution in [0.1, 0.15) is 54.1 Å². The molecule has 0 radical (unpaired) electrons. The van der Waals surface area contributed by atoms with Crippen molar-refractivity contribution in [2.75, 3.05) is 12.9 Å². The fourth-order valence-electron chi connectivity index (χ4n) is 3.48. The molecular weight excluding hydrogens is 446 g/mol. The SMILES string of the molecule is CCCCCCSNC(=O)c1ccc(CSCc2ccc(-c3ccccc3OC)cc2)cc1. The molecule has 0 atom stereocenters. The van der Waals surface area contributed by atoms with Gasteiger partial charge in [-0.3, -0.25) is 9.52 Å². The predicted octanol–water partition coefficient (Wildman–Crippen LogP) is 7.75. The summed E-state index contributed by atoms with van der Waals surface area (Å²) in [6.07, 6.45) is 4.88. The summed E-state index contributed by atoms with van der Waals surface area (Å²) in [4.78, 5) is 12.3. The lowest BCUT2D eigenvalue weighted by molar-refractivity contribution is 0.0984. The molecular formula is C28H33NO2S2. The van der Waals surface area contributed by atoms with E-state index in [1.165, 1.54) is 42.3 Å². The molecule has 1 amide bonds. The van der Waals surface area contributed by atoms with E-state index in [4.69, 9.17) is 4.74 Å². The number of benzene rings is 3. The van der Waals surface area contributed by atoms with E-state index in [1.807, 2.05) is 42.1 Å². The van der Waals surface area contributed by atoms with Crippen LogP contribution in [0.4, 0.5) is 0 Å². The molecule has 0 aliphatic carbocycles. The van der Waals surface area contributed by atoms with Crippen molar-refractivity contribution in [1.29, 1.82) is 0 Å². The van der Waals surface area contributed by atoms with Gasteiger partial charge in [-0.2, -0.15) is 11.8 Å². The summed E-state index contributed by atoms with van der Waals surface area (Å²) in [6, 6.07) is 24.7. The highest BCUT2D eigenvalue weighted by Crippen LogP contribution is 2.30. The number of para-hydroxylation sites is 1. The number of carbonyl (C=O) groups is 1. The van der Waals surface area contributed by atoms with Crippen LogP contribution in [0.25, 0.3) is 11.1 Å². The third-order valence-corrected chi connectivity index (χ3v) is 7.29. The summed E-state index contributed by atoms with van der Waals surface area (Å²) in [5, 5.41) is 0. The normalized spacial score (nSPS) is 10.7. The van der Waals surface area contributed by atoms with Crippen LogP contribution >= 0.6 is 23.7 Å². The Kier molecular flexibility index (Phi) is 10.7. The van der Waals surface area contributed by atoms with Gasteiger partial charge in [0.2, 0.25) is 0 Å². The molecule has 0 spiro atoms. The third kappa shape index (κ3) is 8.17. The van der Waals surface area contributed by atoms with Crippen LogP contribution < -0.4 is 9.46 Å². The number of amides is 1. The Bertz CT molecular complexity index is 988. The molecule has 1 N–H and O–H groups in total. The van der Waals surface area contributed by atoms with E-state index in [1.54, 1.807) is 7.11 Å². The number of unbranched alkanes of at least 4 members (excludes halogenated alkanes) is 3. The van der Waals surface area contributed by atoms with E-state index in [2.05, 4.69) is 54.1 Å². The van der Waals surface area contributed by atoms with E-state index >= 15 is 0 Å². The number of methoxy groups -OCH3 is 1. The monoisotopic (exact) mass is 479 g/mol. The second kappa shape index (κ2) is 14.0. The topological polar surface area (TPSA) is 38.3 Å². The summed E-state index contributed by atoms with van der Waals surface area (Å²) < 4.78 is 8.42. The van der Waals surface area contributed by atoms with Gasteiger partial charge in [0.15, 0.2) is 0 Å². The molecule has 0 saturated heterocycles. The molecule has 3 aromatic rings. The first kappa shape index (κ1) is 25.3. The van der Waals surface area contributed by atoms with Crippen LogP contribution in [-0.4, -0.2) is 18.8 Å². The van der Waals surface area contributed by atoms with Crippen molar-refractivity contribution in [3.63, 3.8) is 0 Å². The Morgan fingerprint density at radius 1 is 0.848 bits per heavy atom. The average Bonchev–Trinajstić information content (AvgIpc) is 2.87. The molecule has 0 aromatic heterocycles. The van der Waals surface area contributed by atoms with Crippen LogP contribution in [0.2, 0.25) is 0 Å². The van der Waals surface area contributed by atoms with Gasteiger partial charge in [0.05, 0.1) is 7.11 Å². The average molecular weight is 480 g/mol. The van der Waals surface area contributed by atoms with Gasteiger partial charge in [-0.15, -0.1) is 0 Å². The summed E-state index contributed by atoms with van der Waals surface area (Å²) in [5.74, 6) is 3.72. The lowest BCUT2D eigenvalue weighted by atomic mass is 10.0. The van der Waals surface area contributed by atoms with Gasteiger partial charge in [0.25, 0.3) is 5.91 Å². The van der Waals surface area contributed by atoms with Gasteiger partial charge in [0.1, 0.15) is 5.75 Å². The first-order valence-electron chi connectivity index (χ1n) is 11.5. The molecule has 0 heterocycles. The molecule has 3 rings (SSSR count). The second-order valence-corrected chi connectivity index (χ2v) is 9.81. The van der Waals surface area contributed by atoms with Crippen molar-refractivity contribution < 1.29 is 9.53 Å². The van der Waals surface area contributed by atoms with Crippen molar-refractivity contribution >= 4 is 29.6 Å². The van der Waals surface area contributed by atoms with Gasteiger partial charge in [-0.05, 0) is 41.3 Å². The van der Waals surface area contributed by atoms with Gasteiger partial charge in [-0.25, -0.2) is 0 Å². The summed E-state index contributed by atoms with van der Waals surface area (Å²) in [5.41, 5.74) is 5.52. The van der Waals surface area contributed by atoms with E-state index < -0.39 is 0 Å². The lowest BCUT2D eigenvalue weighted by Gasteiger charge is -2.09.